The van der Waals surface area contributed by atoms with Crippen LogP contribution in [0.1, 0.15) is 17.7 Å². The fourth-order valence-electron chi connectivity index (χ4n) is 1.69. The average molecular weight is 308 g/mol. The van der Waals surface area contributed by atoms with E-state index in [1.165, 1.54) is 9.35 Å². The maximum Gasteiger partial charge on any atom is 0.0327 e. The number of halogens is 1. The molecule has 1 fully saturated rings. The van der Waals surface area contributed by atoms with Crippen LogP contribution in [0.15, 0.2) is 15.9 Å². The van der Waals surface area contributed by atoms with Gasteiger partial charge in [0, 0.05) is 44.2 Å². The van der Waals surface area contributed by atoms with Crippen LogP contribution in [0.4, 0.5) is 0 Å². The molecule has 1 saturated heterocycles. The Morgan fingerprint density at radius 2 is 2.27 bits per heavy atom. The van der Waals surface area contributed by atoms with Crippen LogP contribution in [0.3, 0.4) is 0 Å². The van der Waals surface area contributed by atoms with E-state index in [0.29, 0.717) is 6.04 Å². The maximum absolute atomic E-state index is 11.2. The summed E-state index contributed by atoms with van der Waals surface area (Å²) in [5.74, 6) is 1.73. The summed E-state index contributed by atoms with van der Waals surface area (Å²) in [6.07, 6.45) is 2.10. The molecule has 0 radical (unpaired) electrons. The molecule has 2 nitrogen and oxygen atoms in total. The second-order valence-electron chi connectivity index (χ2n) is 3.69. The molecule has 84 valence electrons. The smallest absolute Gasteiger partial charge is 0.0327 e. The molecule has 1 aliphatic rings. The third-order valence-corrected chi connectivity index (χ3v) is 5.94. The van der Waals surface area contributed by atoms with Crippen molar-refractivity contribution in [3.05, 3.63) is 20.8 Å². The third-order valence-electron chi connectivity index (χ3n) is 2.63. The van der Waals surface area contributed by atoms with Gasteiger partial charge in [0.15, 0.2) is 0 Å². The molecule has 5 heteroatoms. The van der Waals surface area contributed by atoms with Gasteiger partial charge in [0.05, 0.1) is 0 Å². The van der Waals surface area contributed by atoms with Crippen molar-refractivity contribution >= 4 is 38.1 Å². The number of nitrogens with one attached hydrogen (secondary N) is 1. The van der Waals surface area contributed by atoms with Gasteiger partial charge in [-0.15, -0.1) is 11.3 Å². The summed E-state index contributed by atoms with van der Waals surface area (Å²) in [5.41, 5.74) is 0. The number of thiophene rings is 1. The zero-order chi connectivity index (χ0) is 10.7. The van der Waals surface area contributed by atoms with E-state index in [4.69, 9.17) is 0 Å². The maximum atomic E-state index is 11.2. The average Bonchev–Trinajstić information content (AvgIpc) is 2.63. The minimum Gasteiger partial charge on any atom is -0.309 e. The number of rotatable bonds is 3. The molecule has 1 aromatic heterocycles. The number of hydrogen-bond donors (Lipinski definition) is 1. The SMILES string of the molecule is O=S1CCC(NCc2sccc2Br)CC1. The molecule has 0 saturated carbocycles. The topological polar surface area (TPSA) is 29.1 Å². The van der Waals surface area contributed by atoms with Gasteiger partial charge in [-0.1, -0.05) is 0 Å². The van der Waals surface area contributed by atoms with E-state index in [1.54, 1.807) is 11.3 Å². The Bertz CT molecular complexity index is 343. The third kappa shape index (κ3) is 3.37. The summed E-state index contributed by atoms with van der Waals surface area (Å²) in [4.78, 5) is 1.35. The van der Waals surface area contributed by atoms with Gasteiger partial charge in [-0.2, -0.15) is 0 Å². The highest BCUT2D eigenvalue weighted by Crippen LogP contribution is 2.22. The van der Waals surface area contributed by atoms with Crippen molar-refractivity contribution in [1.82, 2.24) is 5.32 Å². The van der Waals surface area contributed by atoms with Crippen LogP contribution in [-0.4, -0.2) is 21.8 Å². The molecular weight excluding hydrogens is 294 g/mol. The minimum absolute atomic E-state index is 0.552. The van der Waals surface area contributed by atoms with Crippen LogP contribution in [0.5, 0.6) is 0 Å². The van der Waals surface area contributed by atoms with Crippen LogP contribution in [-0.2, 0) is 17.3 Å². The van der Waals surface area contributed by atoms with Crippen molar-refractivity contribution in [3.8, 4) is 0 Å². The molecule has 0 aromatic carbocycles. The first-order valence-electron chi connectivity index (χ1n) is 5.06. The highest BCUT2D eigenvalue weighted by molar-refractivity contribution is 9.10. The molecular formula is C10H14BrNOS2. The van der Waals surface area contributed by atoms with Gasteiger partial charge in [0.2, 0.25) is 0 Å². The van der Waals surface area contributed by atoms with Crippen molar-refractivity contribution in [2.45, 2.75) is 25.4 Å². The molecule has 15 heavy (non-hydrogen) atoms. The monoisotopic (exact) mass is 307 g/mol. The summed E-state index contributed by atoms with van der Waals surface area (Å²) in [6, 6.07) is 2.63. The van der Waals surface area contributed by atoms with E-state index in [-0.39, 0.29) is 0 Å². The minimum atomic E-state index is -0.552. The van der Waals surface area contributed by atoms with Crippen LogP contribution in [0.2, 0.25) is 0 Å². The second-order valence-corrected chi connectivity index (χ2v) is 7.25. The van der Waals surface area contributed by atoms with E-state index < -0.39 is 10.8 Å². The standard InChI is InChI=1S/C10H14BrNOS2/c11-9-1-4-14-10(9)7-12-8-2-5-15(13)6-3-8/h1,4,8,12H,2-3,5-7H2. The Labute approximate surface area is 105 Å². The fourth-order valence-corrected chi connectivity index (χ4v) is 4.43. The highest BCUT2D eigenvalue weighted by Gasteiger charge is 2.17. The first kappa shape index (κ1) is 11.8. The van der Waals surface area contributed by atoms with Crippen molar-refractivity contribution in [3.63, 3.8) is 0 Å². The summed E-state index contributed by atoms with van der Waals surface area (Å²) in [6.45, 7) is 0.926. The molecule has 0 atom stereocenters. The fraction of sp³-hybridized carbons (Fsp3) is 0.600. The van der Waals surface area contributed by atoms with Crippen molar-refractivity contribution in [2.24, 2.45) is 0 Å². The van der Waals surface area contributed by atoms with Crippen LogP contribution < -0.4 is 5.32 Å². The Kier molecular flexibility index (Phi) is 4.37. The van der Waals surface area contributed by atoms with Gasteiger partial charge in [-0.05, 0) is 40.2 Å². The largest absolute Gasteiger partial charge is 0.309 e. The van der Waals surface area contributed by atoms with E-state index in [0.717, 1.165) is 30.9 Å². The summed E-state index contributed by atoms with van der Waals surface area (Å²) in [5, 5.41) is 5.63. The van der Waals surface area contributed by atoms with Crippen molar-refractivity contribution < 1.29 is 4.21 Å². The zero-order valence-electron chi connectivity index (χ0n) is 8.37. The van der Waals surface area contributed by atoms with Crippen LogP contribution in [0.25, 0.3) is 0 Å². The summed E-state index contributed by atoms with van der Waals surface area (Å²) in [7, 11) is -0.552. The molecule has 0 unspecified atom stereocenters. The molecule has 2 heterocycles. The molecule has 0 amide bonds. The predicted octanol–water partition coefficient (Wildman–Crippen LogP) is 2.51. The molecule has 0 spiro atoms. The predicted molar refractivity (Wildman–Crippen MR) is 69.8 cm³/mol. The first-order chi connectivity index (χ1) is 7.25. The lowest BCUT2D eigenvalue weighted by molar-refractivity contribution is 0.477. The Hall–Kier alpha value is 0.290. The lowest BCUT2D eigenvalue weighted by atomic mass is 10.1. The van der Waals surface area contributed by atoms with E-state index in [9.17, 15) is 4.21 Å². The van der Waals surface area contributed by atoms with Gasteiger partial charge in [0.1, 0.15) is 0 Å². The van der Waals surface area contributed by atoms with E-state index in [1.807, 2.05) is 0 Å². The van der Waals surface area contributed by atoms with Gasteiger partial charge < -0.3 is 5.32 Å². The second kappa shape index (κ2) is 5.57. The van der Waals surface area contributed by atoms with Crippen molar-refractivity contribution in [2.75, 3.05) is 11.5 Å². The molecule has 0 aliphatic carbocycles. The Morgan fingerprint density at radius 3 is 2.87 bits per heavy atom. The quantitative estimate of drug-likeness (QED) is 0.929. The normalized spacial score (nSPS) is 26.7. The van der Waals surface area contributed by atoms with Gasteiger partial charge in [-0.3, -0.25) is 4.21 Å². The molecule has 2 rings (SSSR count). The van der Waals surface area contributed by atoms with E-state index in [2.05, 4.69) is 32.7 Å². The summed E-state index contributed by atoms with van der Waals surface area (Å²) >= 11 is 5.29. The lowest BCUT2D eigenvalue weighted by Gasteiger charge is -2.22. The highest BCUT2D eigenvalue weighted by atomic mass is 79.9. The molecule has 1 aliphatic heterocycles. The van der Waals surface area contributed by atoms with E-state index >= 15 is 0 Å². The van der Waals surface area contributed by atoms with Gasteiger partial charge >= 0.3 is 0 Å². The van der Waals surface area contributed by atoms with Gasteiger partial charge in [-0.25, -0.2) is 0 Å². The Morgan fingerprint density at radius 1 is 1.53 bits per heavy atom. The van der Waals surface area contributed by atoms with Gasteiger partial charge in [0.25, 0.3) is 0 Å². The zero-order valence-corrected chi connectivity index (χ0v) is 11.6. The molecule has 1 N–H and O–H groups in total. The summed E-state index contributed by atoms with van der Waals surface area (Å²) < 4.78 is 12.4. The molecule has 1 aromatic rings. The number of hydrogen-bond acceptors (Lipinski definition) is 3. The van der Waals surface area contributed by atoms with Crippen LogP contribution >= 0.6 is 27.3 Å². The first-order valence-corrected chi connectivity index (χ1v) is 8.22. The van der Waals surface area contributed by atoms with Crippen molar-refractivity contribution in [1.29, 1.82) is 0 Å². The Balaban J connectivity index is 1.79. The molecule has 0 bridgehead atoms. The van der Waals surface area contributed by atoms with Crippen LogP contribution in [0, 0.1) is 0 Å². The lowest BCUT2D eigenvalue weighted by Crippen LogP contribution is -2.35.